The number of hydrogen-bond acceptors (Lipinski definition) is 0. The van der Waals surface area contributed by atoms with Crippen LogP contribution in [-0.4, -0.2) is 21.1 Å². The molecule has 0 aliphatic carbocycles. The maximum atomic E-state index is 9.87. The normalized spacial score (nSPS) is 16.4. The van der Waals surface area contributed by atoms with E-state index in [-0.39, 0.29) is 31.0 Å². The van der Waals surface area contributed by atoms with Crippen molar-refractivity contribution in [3.63, 3.8) is 0 Å². The molecule has 2 radical (unpaired) electrons. The molecule has 0 aliphatic rings. The van der Waals surface area contributed by atoms with Gasteiger partial charge in [0.25, 0.3) is 0 Å². The smallest absolute Gasteiger partial charge is 0.0395 e. The maximum Gasteiger partial charge on any atom is -0.0395 e. The predicted molar refractivity (Wildman–Crippen MR) is 43.6 cm³/mol. The summed E-state index contributed by atoms with van der Waals surface area (Å²) in [6.45, 7) is 0. The number of hydrogen-bond donors (Lipinski definition) is 0. The van der Waals surface area contributed by atoms with Crippen molar-refractivity contribution in [2.24, 2.45) is 0 Å². The Kier molecular flexibility index (Phi) is 6.53. The van der Waals surface area contributed by atoms with Crippen LogP contribution < -0.4 is 0 Å². The van der Waals surface area contributed by atoms with Crippen molar-refractivity contribution < 1.29 is 25.2 Å². The minimum atomic E-state index is -10.7. The van der Waals surface area contributed by atoms with Crippen molar-refractivity contribution in [3.8, 4) is 0 Å². The Balaban J connectivity index is -0.000000140. The van der Waals surface area contributed by atoms with E-state index in [9.17, 15) is 25.2 Å². The summed E-state index contributed by atoms with van der Waals surface area (Å²) in [6.07, 6.45) is 0. The molecule has 0 aromatic heterocycles. The van der Waals surface area contributed by atoms with Gasteiger partial charge in [0, 0.05) is 0 Å². The minimum absolute atomic E-state index is 0. The van der Waals surface area contributed by atoms with Crippen LogP contribution in [0.15, 0.2) is 0 Å². The van der Waals surface area contributed by atoms with Gasteiger partial charge in [-0.25, -0.2) is 0 Å². The molecule has 1 atom stereocenters. The summed E-state index contributed by atoms with van der Waals surface area (Å²) in [5.41, 5.74) is 0. The molecule has 0 heterocycles. The zero-order valence-corrected chi connectivity index (χ0v) is 12.0. The molecule has 0 fully saturated rings. The fourth-order valence-corrected chi connectivity index (χ4v) is 0. The molecule has 0 aromatic carbocycles. The summed E-state index contributed by atoms with van der Waals surface area (Å²) < 4.78 is 59.2. The van der Waals surface area contributed by atoms with Crippen molar-refractivity contribution in [3.05, 3.63) is 0 Å². The standard InChI is InChI=1S/2CH3.F6P.H3P.Sn/c;;1-7(2,3,4,5)6;;/h2*1H3;;1H3;/q;;-1;;/p+1. The van der Waals surface area contributed by atoms with Gasteiger partial charge in [-0.15, -0.1) is 0 Å². The number of rotatable bonds is 0. The third-order valence-corrected chi connectivity index (χ3v) is 0. The van der Waals surface area contributed by atoms with Gasteiger partial charge in [-0.05, 0) is 9.90 Å². The van der Waals surface area contributed by atoms with Crippen LogP contribution in [0.25, 0.3) is 0 Å². The fourth-order valence-electron chi connectivity index (χ4n) is 0. The van der Waals surface area contributed by atoms with E-state index in [0.717, 1.165) is 0 Å². The summed E-state index contributed by atoms with van der Waals surface area (Å²) in [5, 5.41) is 0. The molecular formula is C2H10F6P2Sn. The monoisotopic (exact) mass is 330 g/mol. The average molecular weight is 329 g/mol. The summed E-state index contributed by atoms with van der Waals surface area (Å²) in [4.78, 5) is 4.59. The molecule has 1 unspecified atom stereocenters. The first-order valence-electron chi connectivity index (χ1n) is 2.01. The van der Waals surface area contributed by atoms with E-state index < -0.39 is 7.81 Å². The number of halogens is 6. The van der Waals surface area contributed by atoms with E-state index in [2.05, 4.69) is 9.88 Å². The van der Waals surface area contributed by atoms with Crippen molar-refractivity contribution in [2.75, 3.05) is 0 Å². The summed E-state index contributed by atoms with van der Waals surface area (Å²) >= 11 is 0.230. The molecule has 0 saturated heterocycles. The van der Waals surface area contributed by atoms with Gasteiger partial charge in [0.15, 0.2) is 0 Å². The molecule has 0 aliphatic heterocycles. The van der Waals surface area contributed by atoms with Crippen LogP contribution >= 0.6 is 17.7 Å². The molecule has 0 aromatic rings. The van der Waals surface area contributed by atoms with Gasteiger partial charge >= 0.3 is 64.0 Å². The topological polar surface area (TPSA) is 0 Å². The van der Waals surface area contributed by atoms with Crippen LogP contribution in [0.4, 0.5) is 25.2 Å². The molecule has 0 spiro atoms. The Morgan fingerprint density at radius 1 is 0.818 bits per heavy atom. The van der Waals surface area contributed by atoms with Gasteiger partial charge in [-0.3, -0.25) is 0 Å². The Labute approximate surface area is 74.2 Å². The van der Waals surface area contributed by atoms with E-state index in [4.69, 9.17) is 0 Å². The first-order chi connectivity index (χ1) is 3.86. The Bertz CT molecular complexity index is 87.9. The van der Waals surface area contributed by atoms with Crippen LogP contribution in [0.5, 0.6) is 0 Å². The second kappa shape index (κ2) is 3.96. The maximum absolute atomic E-state index is 10.7. The summed E-state index contributed by atoms with van der Waals surface area (Å²) in [7, 11) is -10.7. The predicted octanol–water partition coefficient (Wildman–Crippen LogP) is 3.96. The Hall–Kier alpha value is 1.24. The largest absolute Gasteiger partial charge is 0.0395 e. The van der Waals surface area contributed by atoms with Gasteiger partial charge in [0.05, 0.1) is 0 Å². The molecule has 0 bridgehead atoms. The second-order valence-corrected chi connectivity index (χ2v) is 6.23. The van der Waals surface area contributed by atoms with Gasteiger partial charge in [-0.1, -0.05) is 0 Å². The van der Waals surface area contributed by atoms with E-state index in [1.807, 2.05) is 0 Å². The summed E-state index contributed by atoms with van der Waals surface area (Å²) in [5.74, 6) is 0. The van der Waals surface area contributed by atoms with E-state index in [1.54, 1.807) is 0 Å². The SMILES string of the molecule is F[P-](F)(F)(F)(F)F.[CH3][Sn][CH3].[PH4+]. The van der Waals surface area contributed by atoms with E-state index in [0.29, 0.717) is 0 Å². The third kappa shape index (κ3) is 625. The molecule has 0 N–H and O–H groups in total. The van der Waals surface area contributed by atoms with Gasteiger partial charge in [0.1, 0.15) is 0 Å². The van der Waals surface area contributed by atoms with Crippen molar-refractivity contribution in [1.29, 1.82) is 0 Å². The zero-order valence-electron chi connectivity index (χ0n) is 6.22. The van der Waals surface area contributed by atoms with Crippen LogP contribution in [0.1, 0.15) is 0 Å². The van der Waals surface area contributed by atoms with Crippen molar-refractivity contribution in [2.45, 2.75) is 9.88 Å². The van der Waals surface area contributed by atoms with Crippen LogP contribution in [0.3, 0.4) is 0 Å². The Morgan fingerprint density at radius 2 is 0.818 bits per heavy atom. The molecule has 0 rings (SSSR count). The van der Waals surface area contributed by atoms with E-state index >= 15 is 0 Å². The quantitative estimate of drug-likeness (QED) is 0.359. The third-order valence-electron chi connectivity index (χ3n) is 0. The van der Waals surface area contributed by atoms with Gasteiger partial charge in [-0.2, -0.15) is 0 Å². The average Bonchev–Trinajstić information content (AvgIpc) is 1.20. The second-order valence-electron chi connectivity index (χ2n) is 1.46. The molecule has 74 valence electrons. The van der Waals surface area contributed by atoms with E-state index in [1.165, 1.54) is 0 Å². The molecule has 0 nitrogen and oxygen atoms in total. The summed E-state index contributed by atoms with van der Waals surface area (Å²) in [6, 6.07) is 0. The van der Waals surface area contributed by atoms with Crippen molar-refractivity contribution >= 4 is 38.8 Å². The minimum Gasteiger partial charge on any atom is -0.0395 e. The van der Waals surface area contributed by atoms with Crippen LogP contribution in [0, 0.1) is 0 Å². The van der Waals surface area contributed by atoms with Gasteiger partial charge in [0.2, 0.25) is 0 Å². The molecule has 0 saturated carbocycles. The van der Waals surface area contributed by atoms with Crippen LogP contribution in [0.2, 0.25) is 9.88 Å². The molecule has 0 amide bonds. The first kappa shape index (κ1) is 18.1. The van der Waals surface area contributed by atoms with Gasteiger partial charge < -0.3 is 0 Å². The molecule has 9 heteroatoms. The van der Waals surface area contributed by atoms with Crippen molar-refractivity contribution in [1.82, 2.24) is 0 Å². The first-order valence-corrected chi connectivity index (χ1v) is 9.75. The fraction of sp³-hybridized carbons (Fsp3) is 1.00. The Morgan fingerprint density at radius 3 is 0.818 bits per heavy atom. The zero-order chi connectivity index (χ0) is 9.12. The molecular weight excluding hydrogens is 319 g/mol. The molecule has 11 heavy (non-hydrogen) atoms. The van der Waals surface area contributed by atoms with Crippen LogP contribution in [-0.2, 0) is 0 Å².